The van der Waals surface area contributed by atoms with E-state index in [2.05, 4.69) is 11.4 Å². The number of nitriles is 1. The van der Waals surface area contributed by atoms with E-state index in [1.807, 2.05) is 33.8 Å². The summed E-state index contributed by atoms with van der Waals surface area (Å²) in [7, 11) is -0.532. The highest BCUT2D eigenvalue weighted by Gasteiger charge is 2.51. The zero-order valence-electron chi connectivity index (χ0n) is 12.6. The maximum atomic E-state index is 9.15. The lowest BCUT2D eigenvalue weighted by atomic mass is 9.78. The molecule has 21 heavy (non-hydrogen) atoms. The molecule has 0 saturated carbocycles. The van der Waals surface area contributed by atoms with Crippen molar-refractivity contribution in [2.45, 2.75) is 38.9 Å². The van der Waals surface area contributed by atoms with Crippen LogP contribution in [0.4, 0.5) is 5.69 Å². The molecular formula is C14H18BN3O2S. The number of benzene rings is 1. The van der Waals surface area contributed by atoms with Crippen LogP contribution in [0, 0.1) is 11.3 Å². The van der Waals surface area contributed by atoms with Crippen molar-refractivity contribution in [2.24, 2.45) is 5.73 Å². The predicted molar refractivity (Wildman–Crippen MR) is 87.3 cm³/mol. The van der Waals surface area contributed by atoms with Crippen molar-refractivity contribution in [2.75, 3.05) is 5.32 Å². The molecule has 110 valence electrons. The fraction of sp³-hybridized carbons (Fsp3) is 0.429. The Balaban J connectivity index is 2.37. The molecule has 7 heteroatoms. The third kappa shape index (κ3) is 3.18. The predicted octanol–water partition coefficient (Wildman–Crippen LogP) is 1.51. The molecule has 0 atom stereocenters. The van der Waals surface area contributed by atoms with E-state index >= 15 is 0 Å². The molecule has 1 aromatic rings. The zero-order valence-corrected chi connectivity index (χ0v) is 13.4. The van der Waals surface area contributed by atoms with Crippen molar-refractivity contribution in [3.05, 3.63) is 23.8 Å². The van der Waals surface area contributed by atoms with Gasteiger partial charge in [-0.05, 0) is 63.6 Å². The van der Waals surface area contributed by atoms with Crippen LogP contribution in [0.1, 0.15) is 33.3 Å². The van der Waals surface area contributed by atoms with Crippen molar-refractivity contribution in [1.82, 2.24) is 0 Å². The fourth-order valence-corrected chi connectivity index (χ4v) is 2.16. The molecule has 1 aromatic carbocycles. The van der Waals surface area contributed by atoms with E-state index in [9.17, 15) is 0 Å². The summed E-state index contributed by atoms with van der Waals surface area (Å²) in [4.78, 5) is 0. The first kappa shape index (κ1) is 15.8. The van der Waals surface area contributed by atoms with Gasteiger partial charge in [0, 0.05) is 5.69 Å². The molecule has 3 N–H and O–H groups in total. The summed E-state index contributed by atoms with van der Waals surface area (Å²) >= 11 is 4.83. The number of thiocarbonyl (C=S) groups is 1. The second-order valence-electron chi connectivity index (χ2n) is 6.03. The SMILES string of the molecule is CC1(C)OB(c2cc(C#N)cc(NC(N)=S)c2)OC1(C)C. The molecule has 0 unspecified atom stereocenters. The average molecular weight is 303 g/mol. The van der Waals surface area contributed by atoms with E-state index in [1.165, 1.54) is 0 Å². The smallest absolute Gasteiger partial charge is 0.399 e. The largest absolute Gasteiger partial charge is 0.494 e. The minimum absolute atomic E-state index is 0.143. The number of rotatable bonds is 2. The minimum atomic E-state index is -0.532. The Labute approximate surface area is 130 Å². The van der Waals surface area contributed by atoms with Crippen molar-refractivity contribution in [3.63, 3.8) is 0 Å². The van der Waals surface area contributed by atoms with Gasteiger partial charge < -0.3 is 20.4 Å². The van der Waals surface area contributed by atoms with E-state index in [0.29, 0.717) is 11.3 Å². The van der Waals surface area contributed by atoms with Crippen LogP contribution in [0.2, 0.25) is 0 Å². The Bertz CT molecular complexity index is 609. The lowest BCUT2D eigenvalue weighted by Crippen LogP contribution is -2.41. The Kier molecular flexibility index (Phi) is 3.98. The van der Waals surface area contributed by atoms with Crippen LogP contribution in [0.15, 0.2) is 18.2 Å². The first-order valence-electron chi connectivity index (χ1n) is 6.62. The molecule has 1 aliphatic heterocycles. The molecule has 1 heterocycles. The van der Waals surface area contributed by atoms with Crippen molar-refractivity contribution in [3.8, 4) is 6.07 Å². The minimum Gasteiger partial charge on any atom is -0.399 e. The van der Waals surface area contributed by atoms with Crippen molar-refractivity contribution >= 4 is 35.6 Å². The van der Waals surface area contributed by atoms with E-state index < -0.39 is 18.3 Å². The summed E-state index contributed by atoms with van der Waals surface area (Å²) in [5, 5.41) is 12.1. The van der Waals surface area contributed by atoms with Gasteiger partial charge in [-0.3, -0.25) is 0 Å². The quantitative estimate of drug-likeness (QED) is 0.637. The van der Waals surface area contributed by atoms with Crippen LogP contribution in [0.5, 0.6) is 0 Å². The molecule has 2 rings (SSSR count). The van der Waals surface area contributed by atoms with Gasteiger partial charge in [0.1, 0.15) is 0 Å². The van der Waals surface area contributed by atoms with Crippen LogP contribution >= 0.6 is 12.2 Å². The zero-order chi connectivity index (χ0) is 15.8. The van der Waals surface area contributed by atoms with Gasteiger partial charge in [-0.1, -0.05) is 0 Å². The van der Waals surface area contributed by atoms with Gasteiger partial charge in [0.05, 0.1) is 22.8 Å². The lowest BCUT2D eigenvalue weighted by molar-refractivity contribution is 0.00578. The molecule has 5 nitrogen and oxygen atoms in total. The third-order valence-corrected chi connectivity index (χ3v) is 3.98. The summed E-state index contributed by atoms with van der Waals surface area (Å²) in [6, 6.07) is 7.35. The fourth-order valence-electron chi connectivity index (χ4n) is 2.05. The summed E-state index contributed by atoms with van der Waals surface area (Å²) in [5.41, 5.74) is 6.50. The van der Waals surface area contributed by atoms with E-state index in [-0.39, 0.29) is 5.11 Å². The number of nitrogens with one attached hydrogen (secondary N) is 1. The highest BCUT2D eigenvalue weighted by molar-refractivity contribution is 7.80. The van der Waals surface area contributed by atoms with Crippen LogP contribution in [0.25, 0.3) is 0 Å². The Hall–Kier alpha value is -1.62. The van der Waals surface area contributed by atoms with Crippen molar-refractivity contribution in [1.29, 1.82) is 5.26 Å². The molecule has 0 radical (unpaired) electrons. The maximum absolute atomic E-state index is 9.15. The highest BCUT2D eigenvalue weighted by Crippen LogP contribution is 2.36. The molecule has 0 amide bonds. The highest BCUT2D eigenvalue weighted by atomic mass is 32.1. The van der Waals surface area contributed by atoms with Crippen LogP contribution in [-0.4, -0.2) is 23.4 Å². The van der Waals surface area contributed by atoms with Crippen LogP contribution in [0.3, 0.4) is 0 Å². The maximum Gasteiger partial charge on any atom is 0.494 e. The van der Waals surface area contributed by atoms with E-state index in [1.54, 1.807) is 12.1 Å². The molecular weight excluding hydrogens is 285 g/mol. The Morgan fingerprint density at radius 3 is 2.29 bits per heavy atom. The standard InChI is InChI=1S/C14H18BN3O2S/c1-13(2)14(3,4)20-15(19-13)10-5-9(8-16)6-11(7-10)18-12(17)21/h5-7H,1-4H3,(H3,17,18,21). The van der Waals surface area contributed by atoms with Gasteiger partial charge in [-0.2, -0.15) is 5.26 Å². The first-order valence-corrected chi connectivity index (χ1v) is 7.03. The van der Waals surface area contributed by atoms with Gasteiger partial charge in [-0.25, -0.2) is 0 Å². The molecule has 0 spiro atoms. The Morgan fingerprint density at radius 1 is 1.24 bits per heavy atom. The van der Waals surface area contributed by atoms with E-state index in [0.717, 1.165) is 5.46 Å². The van der Waals surface area contributed by atoms with Crippen molar-refractivity contribution < 1.29 is 9.31 Å². The van der Waals surface area contributed by atoms with Crippen LogP contribution < -0.4 is 16.5 Å². The summed E-state index contributed by atoms with van der Waals surface area (Å²) in [5.74, 6) is 0. The van der Waals surface area contributed by atoms with Gasteiger partial charge in [0.25, 0.3) is 0 Å². The second-order valence-corrected chi connectivity index (χ2v) is 6.47. The molecule has 1 fully saturated rings. The number of anilines is 1. The molecule has 0 bridgehead atoms. The van der Waals surface area contributed by atoms with E-state index in [4.69, 9.17) is 32.5 Å². The topological polar surface area (TPSA) is 80.3 Å². The van der Waals surface area contributed by atoms with Gasteiger partial charge in [0.15, 0.2) is 5.11 Å². The van der Waals surface area contributed by atoms with Crippen LogP contribution in [-0.2, 0) is 9.31 Å². The molecule has 1 aliphatic rings. The molecule has 0 aliphatic carbocycles. The second kappa shape index (κ2) is 5.30. The summed E-state index contributed by atoms with van der Waals surface area (Å²) in [6.07, 6.45) is 0. The Morgan fingerprint density at radius 2 is 1.81 bits per heavy atom. The molecule has 0 aromatic heterocycles. The monoisotopic (exact) mass is 303 g/mol. The lowest BCUT2D eigenvalue weighted by Gasteiger charge is -2.32. The normalized spacial score (nSPS) is 19.1. The van der Waals surface area contributed by atoms with Gasteiger partial charge >= 0.3 is 7.12 Å². The number of hydrogen-bond acceptors (Lipinski definition) is 4. The average Bonchev–Trinajstić information content (AvgIpc) is 2.57. The first-order chi connectivity index (χ1) is 9.64. The van der Waals surface area contributed by atoms with Gasteiger partial charge in [0.2, 0.25) is 0 Å². The number of hydrogen-bond donors (Lipinski definition) is 2. The summed E-state index contributed by atoms with van der Waals surface area (Å²) in [6.45, 7) is 7.93. The molecule has 1 saturated heterocycles. The van der Waals surface area contributed by atoms with Gasteiger partial charge in [-0.15, -0.1) is 0 Å². The number of nitrogens with two attached hydrogens (primary N) is 1. The number of nitrogens with zero attached hydrogens (tertiary/aromatic N) is 1. The summed E-state index contributed by atoms with van der Waals surface area (Å²) < 4.78 is 12.0. The third-order valence-electron chi connectivity index (χ3n) is 3.88.